The fourth-order valence-electron chi connectivity index (χ4n) is 4.36. The maximum atomic E-state index is 13.5. The Kier molecular flexibility index (Phi) is 10.1. The summed E-state index contributed by atoms with van der Waals surface area (Å²) in [5, 5.41) is 8.60. The van der Waals surface area contributed by atoms with Crippen LogP contribution in [0.15, 0.2) is 51.8 Å². The maximum absolute atomic E-state index is 13.5. The Balaban J connectivity index is 1.44. The number of rotatable bonds is 13. The van der Waals surface area contributed by atoms with Gasteiger partial charge in [0.15, 0.2) is 17.2 Å². The second kappa shape index (κ2) is 13.9. The van der Waals surface area contributed by atoms with Gasteiger partial charge in [0.05, 0.1) is 50.0 Å². The molecule has 1 saturated heterocycles. The summed E-state index contributed by atoms with van der Waals surface area (Å²) in [4.78, 5) is 45.4. The molecule has 0 unspecified atom stereocenters. The monoisotopic (exact) mass is 540 g/mol. The molecule has 10 nitrogen and oxygen atoms in total. The van der Waals surface area contributed by atoms with Crippen LogP contribution >= 0.6 is 11.3 Å². The van der Waals surface area contributed by atoms with E-state index in [9.17, 15) is 14.4 Å². The van der Waals surface area contributed by atoms with Crippen LogP contribution in [0.3, 0.4) is 0 Å². The molecule has 0 bridgehead atoms. The minimum absolute atomic E-state index is 0.0783. The molecular weight excluding hydrogens is 508 g/mol. The molecule has 3 heterocycles. The van der Waals surface area contributed by atoms with Gasteiger partial charge in [-0.05, 0) is 18.4 Å². The summed E-state index contributed by atoms with van der Waals surface area (Å²) in [7, 11) is 1.30. The second-order valence-corrected chi connectivity index (χ2v) is 9.91. The number of nitrogens with one attached hydrogen (secondary N) is 1. The summed E-state index contributed by atoms with van der Waals surface area (Å²) in [5.41, 5.74) is 3.55. The van der Waals surface area contributed by atoms with Gasteiger partial charge in [-0.2, -0.15) is 0 Å². The Morgan fingerprint density at radius 1 is 1.18 bits per heavy atom. The number of ether oxygens (including phenoxy) is 2. The van der Waals surface area contributed by atoms with E-state index < -0.39 is 23.8 Å². The first-order valence-corrected chi connectivity index (χ1v) is 13.5. The molecule has 1 N–H and O–H groups in total. The fraction of sp³-hybridized carbons (Fsp3) is 0.444. The fourth-order valence-corrected chi connectivity index (χ4v) is 4.93. The van der Waals surface area contributed by atoms with E-state index in [0.717, 1.165) is 24.3 Å². The van der Waals surface area contributed by atoms with E-state index in [2.05, 4.69) is 20.4 Å². The minimum Gasteiger partial charge on any atom is -0.469 e. The highest BCUT2D eigenvalue weighted by Crippen LogP contribution is 2.18. The highest BCUT2D eigenvalue weighted by Gasteiger charge is 2.30. The number of esters is 1. The van der Waals surface area contributed by atoms with Crippen LogP contribution in [0.2, 0.25) is 0 Å². The van der Waals surface area contributed by atoms with Gasteiger partial charge in [-0.1, -0.05) is 35.5 Å². The minimum atomic E-state index is -0.815. The van der Waals surface area contributed by atoms with Crippen LogP contribution < -0.4 is 5.32 Å². The van der Waals surface area contributed by atoms with Crippen LogP contribution in [0, 0.1) is 5.92 Å². The molecule has 0 aliphatic carbocycles. The molecule has 11 heteroatoms. The van der Waals surface area contributed by atoms with E-state index >= 15 is 0 Å². The third-order valence-electron chi connectivity index (χ3n) is 6.45. The molecule has 38 heavy (non-hydrogen) atoms. The predicted molar refractivity (Wildman–Crippen MR) is 140 cm³/mol. The summed E-state index contributed by atoms with van der Waals surface area (Å²) in [6.45, 7) is 3.39. The van der Waals surface area contributed by atoms with Crippen LogP contribution in [0.1, 0.15) is 40.3 Å². The lowest BCUT2D eigenvalue weighted by Gasteiger charge is -2.25. The number of Topliss-reactive ketones (excluding diaryl/α,β-unsaturated/α-hetero) is 1. The zero-order valence-corrected chi connectivity index (χ0v) is 22.2. The Labute approximate surface area is 225 Å². The van der Waals surface area contributed by atoms with E-state index in [1.54, 1.807) is 11.6 Å². The predicted octanol–water partition coefficient (Wildman–Crippen LogP) is 2.69. The first-order chi connectivity index (χ1) is 18.5. The van der Waals surface area contributed by atoms with Gasteiger partial charge in [-0.25, -0.2) is 4.98 Å². The normalized spacial score (nSPS) is 15.5. The number of thiazole rings is 1. The molecule has 1 aromatic carbocycles. The Morgan fingerprint density at radius 3 is 2.68 bits per heavy atom. The van der Waals surface area contributed by atoms with E-state index in [1.807, 2.05) is 35.7 Å². The number of morpholine rings is 1. The maximum Gasteiger partial charge on any atom is 0.309 e. The number of benzene rings is 1. The van der Waals surface area contributed by atoms with Gasteiger partial charge in [0.2, 0.25) is 0 Å². The van der Waals surface area contributed by atoms with E-state index in [-0.39, 0.29) is 24.3 Å². The van der Waals surface area contributed by atoms with Crippen LogP contribution in [0.5, 0.6) is 0 Å². The van der Waals surface area contributed by atoms with Crippen molar-refractivity contribution in [2.45, 2.75) is 38.3 Å². The van der Waals surface area contributed by atoms with Gasteiger partial charge >= 0.3 is 5.97 Å². The zero-order chi connectivity index (χ0) is 26.7. The van der Waals surface area contributed by atoms with Crippen molar-refractivity contribution in [1.29, 1.82) is 0 Å². The van der Waals surface area contributed by atoms with Crippen LogP contribution in [-0.4, -0.2) is 72.2 Å². The number of methoxy groups -OCH3 is 1. The average Bonchev–Trinajstić information content (AvgIpc) is 3.63. The quantitative estimate of drug-likeness (QED) is 0.326. The molecule has 2 atom stereocenters. The average molecular weight is 541 g/mol. The number of hydrogen-bond donors (Lipinski definition) is 1. The molecular formula is C27H32N4O6S. The molecule has 4 rings (SSSR count). The Hall–Kier alpha value is -3.41. The van der Waals surface area contributed by atoms with Crippen molar-refractivity contribution in [3.63, 3.8) is 0 Å². The molecule has 0 radical (unpaired) electrons. The van der Waals surface area contributed by atoms with Gasteiger partial charge in [-0.15, -0.1) is 11.3 Å². The lowest BCUT2D eigenvalue weighted by molar-refractivity contribution is -0.147. The molecule has 1 aliphatic heterocycles. The number of aromatic nitrogens is 2. The molecule has 0 saturated carbocycles. The number of nitrogens with zero attached hydrogens (tertiary/aromatic N) is 3. The number of ketones is 1. The summed E-state index contributed by atoms with van der Waals surface area (Å²) >= 11 is 1.42. The lowest BCUT2D eigenvalue weighted by Crippen LogP contribution is -2.42. The third kappa shape index (κ3) is 8.04. The number of carbonyl (C=O) groups is 3. The molecule has 1 aliphatic rings. The highest BCUT2D eigenvalue weighted by molar-refractivity contribution is 7.07. The van der Waals surface area contributed by atoms with Gasteiger partial charge in [0, 0.05) is 37.4 Å². The molecule has 3 aromatic rings. The van der Waals surface area contributed by atoms with Gasteiger partial charge < -0.3 is 19.3 Å². The highest BCUT2D eigenvalue weighted by atomic mass is 32.1. The molecule has 1 fully saturated rings. The third-order valence-corrected chi connectivity index (χ3v) is 7.09. The summed E-state index contributed by atoms with van der Waals surface area (Å²) < 4.78 is 15.7. The van der Waals surface area contributed by atoms with Crippen LogP contribution in [0.25, 0.3) is 0 Å². The number of hydrogen-bond acceptors (Lipinski definition) is 10. The first kappa shape index (κ1) is 27.6. The SMILES string of the molecule is COC(=O)[C@@H](CC(=O)[C@H](CCc1ccccc1)NC(=O)c1cc(CN2CCOCC2)on1)Cc1cscn1. The smallest absolute Gasteiger partial charge is 0.309 e. The van der Waals surface area contributed by atoms with Crippen LogP contribution in [-0.2, 0) is 38.4 Å². The van der Waals surface area contributed by atoms with E-state index in [4.69, 9.17) is 14.0 Å². The van der Waals surface area contributed by atoms with Gasteiger partial charge in [0.1, 0.15) is 0 Å². The number of amides is 1. The molecule has 1 amide bonds. The second-order valence-electron chi connectivity index (χ2n) is 9.19. The Bertz CT molecular complexity index is 1180. The topological polar surface area (TPSA) is 124 Å². The standard InChI is InChI=1S/C27H32N4O6S/c1-35-27(34)20(13-21-17-38-18-28-21)14-25(32)23(8-7-19-5-3-2-4-6-19)29-26(33)24-15-22(37-30-24)16-31-9-11-36-12-10-31/h2-6,15,17-18,20,23H,7-14,16H2,1H3,(H,29,33)/t20-,23+/m1/s1. The number of aryl methyl sites for hydroxylation is 1. The van der Waals surface area contributed by atoms with Crippen molar-refractivity contribution < 1.29 is 28.4 Å². The van der Waals surface area contributed by atoms with Crippen LogP contribution in [0.4, 0.5) is 0 Å². The zero-order valence-electron chi connectivity index (χ0n) is 21.3. The van der Waals surface area contributed by atoms with E-state index in [1.165, 1.54) is 18.4 Å². The first-order valence-electron chi connectivity index (χ1n) is 12.6. The van der Waals surface area contributed by atoms with Crippen molar-refractivity contribution >= 4 is 29.0 Å². The van der Waals surface area contributed by atoms with Crippen molar-refractivity contribution in [3.8, 4) is 0 Å². The summed E-state index contributed by atoms with van der Waals surface area (Å²) in [5.74, 6) is -1.36. The largest absolute Gasteiger partial charge is 0.469 e. The molecule has 202 valence electrons. The summed E-state index contributed by atoms with van der Waals surface area (Å²) in [6.07, 6.45) is 1.16. The van der Waals surface area contributed by atoms with Gasteiger partial charge in [0.25, 0.3) is 5.91 Å². The van der Waals surface area contributed by atoms with Crippen molar-refractivity contribution in [2.24, 2.45) is 5.92 Å². The van der Waals surface area contributed by atoms with Crippen molar-refractivity contribution in [3.05, 3.63) is 70.0 Å². The van der Waals surface area contributed by atoms with Gasteiger partial charge in [-0.3, -0.25) is 19.3 Å². The Morgan fingerprint density at radius 2 is 1.97 bits per heavy atom. The van der Waals surface area contributed by atoms with Crippen molar-refractivity contribution in [2.75, 3.05) is 33.4 Å². The molecule has 0 spiro atoms. The molecule has 2 aromatic heterocycles. The lowest BCUT2D eigenvalue weighted by atomic mass is 9.92. The van der Waals surface area contributed by atoms with E-state index in [0.29, 0.717) is 38.4 Å². The number of carbonyl (C=O) groups excluding carboxylic acids is 3. The summed E-state index contributed by atoms with van der Waals surface area (Å²) in [6, 6.07) is 10.5. The van der Waals surface area contributed by atoms with Crippen molar-refractivity contribution in [1.82, 2.24) is 20.4 Å².